The molecule has 0 aliphatic carbocycles. The Hall–Kier alpha value is -1.54. The second kappa shape index (κ2) is 4.38. The van der Waals surface area contributed by atoms with Crippen LogP contribution in [0.3, 0.4) is 0 Å². The van der Waals surface area contributed by atoms with E-state index in [1.165, 1.54) is 11.2 Å². The van der Waals surface area contributed by atoms with Crippen LogP contribution in [0.5, 0.6) is 0 Å². The molecule has 0 spiro atoms. The summed E-state index contributed by atoms with van der Waals surface area (Å²) in [5, 5.41) is 7.79. The third-order valence-electron chi connectivity index (χ3n) is 3.00. The van der Waals surface area contributed by atoms with Crippen LogP contribution in [0.2, 0.25) is 0 Å². The highest BCUT2D eigenvalue weighted by Gasteiger charge is 2.31. The van der Waals surface area contributed by atoms with Crippen molar-refractivity contribution in [2.45, 2.75) is 25.0 Å². The summed E-state index contributed by atoms with van der Waals surface area (Å²) in [7, 11) is -3.55. The Labute approximate surface area is 102 Å². The highest BCUT2D eigenvalue weighted by molar-refractivity contribution is 7.93. The molecule has 0 N–H and O–H groups in total. The zero-order valence-electron chi connectivity index (χ0n) is 9.63. The standard InChI is InChI=1S/C12H14N2O2S/c1-10(9-13)17(15,16)14-8-4-6-11-5-2-3-7-12(11)14/h2-3,5,7,10H,4,6,8H2,1H3. The number of hydrogen-bond acceptors (Lipinski definition) is 3. The summed E-state index contributed by atoms with van der Waals surface area (Å²) in [4.78, 5) is 0. The van der Waals surface area contributed by atoms with Crippen molar-refractivity contribution in [1.82, 2.24) is 0 Å². The van der Waals surface area contributed by atoms with Crippen LogP contribution < -0.4 is 4.31 Å². The smallest absolute Gasteiger partial charge is 0.251 e. The molecule has 17 heavy (non-hydrogen) atoms. The molecular weight excluding hydrogens is 236 g/mol. The molecule has 0 bridgehead atoms. The van der Waals surface area contributed by atoms with Gasteiger partial charge < -0.3 is 0 Å². The van der Waals surface area contributed by atoms with Crippen LogP contribution in [0.25, 0.3) is 0 Å². The Bertz CT molecular complexity index is 560. The Kier molecular flexibility index (Phi) is 3.07. The minimum atomic E-state index is -3.55. The number of anilines is 1. The van der Waals surface area contributed by atoms with Crippen LogP contribution in [-0.2, 0) is 16.4 Å². The van der Waals surface area contributed by atoms with Crippen LogP contribution >= 0.6 is 0 Å². The number of nitrogens with zero attached hydrogens (tertiary/aromatic N) is 2. The van der Waals surface area contributed by atoms with Gasteiger partial charge in [0.25, 0.3) is 10.0 Å². The van der Waals surface area contributed by atoms with Crippen LogP contribution in [0.15, 0.2) is 24.3 Å². The van der Waals surface area contributed by atoms with E-state index in [0.717, 1.165) is 24.1 Å². The van der Waals surface area contributed by atoms with Gasteiger partial charge in [-0.2, -0.15) is 5.26 Å². The largest absolute Gasteiger partial charge is 0.269 e. The van der Waals surface area contributed by atoms with Gasteiger partial charge in [-0.3, -0.25) is 4.31 Å². The van der Waals surface area contributed by atoms with Crippen LogP contribution in [0, 0.1) is 11.3 Å². The van der Waals surface area contributed by atoms with Gasteiger partial charge in [0.05, 0.1) is 11.8 Å². The molecule has 1 heterocycles. The van der Waals surface area contributed by atoms with Crippen molar-refractivity contribution in [3.05, 3.63) is 29.8 Å². The van der Waals surface area contributed by atoms with E-state index in [2.05, 4.69) is 0 Å². The molecule has 1 aliphatic heterocycles. The number of hydrogen-bond donors (Lipinski definition) is 0. The van der Waals surface area contributed by atoms with Gasteiger partial charge in [0.2, 0.25) is 0 Å². The number of aryl methyl sites for hydroxylation is 1. The number of sulfonamides is 1. The highest BCUT2D eigenvalue weighted by Crippen LogP contribution is 2.30. The molecule has 0 amide bonds. The average molecular weight is 250 g/mol. The summed E-state index contributed by atoms with van der Waals surface area (Å²) >= 11 is 0. The summed E-state index contributed by atoms with van der Waals surface area (Å²) in [6, 6.07) is 9.27. The van der Waals surface area contributed by atoms with E-state index in [0.29, 0.717) is 6.54 Å². The first-order valence-corrected chi connectivity index (χ1v) is 7.07. The lowest BCUT2D eigenvalue weighted by molar-refractivity contribution is 0.582. The molecule has 0 radical (unpaired) electrons. The number of nitriles is 1. The first-order valence-electron chi connectivity index (χ1n) is 5.56. The Morgan fingerprint density at radius 3 is 2.82 bits per heavy atom. The zero-order chi connectivity index (χ0) is 12.5. The van der Waals surface area contributed by atoms with E-state index in [1.807, 2.05) is 18.2 Å². The molecule has 1 unspecified atom stereocenters. The molecule has 2 rings (SSSR count). The SMILES string of the molecule is CC(C#N)S(=O)(=O)N1CCCc2ccccc21. The van der Waals surface area contributed by atoms with E-state index in [1.54, 1.807) is 12.1 Å². The third kappa shape index (κ3) is 2.01. The molecule has 1 aliphatic rings. The van der Waals surface area contributed by atoms with Gasteiger partial charge in [-0.1, -0.05) is 18.2 Å². The van der Waals surface area contributed by atoms with Crippen LogP contribution in [0.4, 0.5) is 5.69 Å². The van der Waals surface area contributed by atoms with Gasteiger partial charge in [0.15, 0.2) is 5.25 Å². The molecule has 5 heteroatoms. The van der Waals surface area contributed by atoms with E-state index >= 15 is 0 Å². The molecule has 1 atom stereocenters. The first-order chi connectivity index (χ1) is 8.07. The van der Waals surface area contributed by atoms with E-state index < -0.39 is 15.3 Å². The molecule has 0 aromatic heterocycles. The molecule has 4 nitrogen and oxygen atoms in total. The monoisotopic (exact) mass is 250 g/mol. The van der Waals surface area contributed by atoms with Gasteiger partial charge in [-0.05, 0) is 31.4 Å². The van der Waals surface area contributed by atoms with Crippen molar-refractivity contribution in [2.24, 2.45) is 0 Å². The van der Waals surface area contributed by atoms with E-state index in [-0.39, 0.29) is 0 Å². The predicted molar refractivity (Wildman–Crippen MR) is 66.1 cm³/mol. The second-order valence-electron chi connectivity index (χ2n) is 4.12. The topological polar surface area (TPSA) is 61.2 Å². The number of rotatable bonds is 2. The fraction of sp³-hybridized carbons (Fsp3) is 0.417. The maximum absolute atomic E-state index is 12.2. The Morgan fingerprint density at radius 2 is 2.12 bits per heavy atom. The van der Waals surface area contributed by atoms with Gasteiger partial charge in [0.1, 0.15) is 0 Å². The summed E-state index contributed by atoms with van der Waals surface area (Å²) in [5.74, 6) is 0. The van der Waals surface area contributed by atoms with Gasteiger partial charge >= 0.3 is 0 Å². The Balaban J connectivity index is 2.47. The predicted octanol–water partition coefficient (Wildman–Crippen LogP) is 1.68. The van der Waals surface area contributed by atoms with Crippen molar-refractivity contribution in [3.63, 3.8) is 0 Å². The first kappa shape index (κ1) is 11.9. The van der Waals surface area contributed by atoms with Gasteiger partial charge in [-0.25, -0.2) is 8.42 Å². The molecule has 1 aromatic carbocycles. The molecule has 1 aromatic rings. The average Bonchev–Trinajstić information content (AvgIpc) is 2.37. The summed E-state index contributed by atoms with van der Waals surface area (Å²) < 4.78 is 25.7. The summed E-state index contributed by atoms with van der Waals surface area (Å²) in [6.45, 7) is 1.89. The molecule has 0 saturated heterocycles. The lowest BCUT2D eigenvalue weighted by Crippen LogP contribution is -2.40. The third-order valence-corrected chi connectivity index (χ3v) is 5.00. The summed E-state index contributed by atoms with van der Waals surface area (Å²) in [6.07, 6.45) is 1.69. The lowest BCUT2D eigenvalue weighted by atomic mass is 10.0. The normalized spacial score (nSPS) is 17.1. The molecule has 0 saturated carbocycles. The van der Waals surface area contributed by atoms with Gasteiger partial charge in [-0.15, -0.1) is 0 Å². The van der Waals surface area contributed by atoms with Gasteiger partial charge in [0, 0.05) is 6.54 Å². The zero-order valence-corrected chi connectivity index (χ0v) is 10.4. The van der Waals surface area contributed by atoms with Crippen molar-refractivity contribution >= 4 is 15.7 Å². The fourth-order valence-corrected chi connectivity index (χ4v) is 3.37. The minimum Gasteiger partial charge on any atom is -0.269 e. The number of para-hydroxylation sites is 1. The molecular formula is C12H14N2O2S. The van der Waals surface area contributed by atoms with Crippen molar-refractivity contribution in [2.75, 3.05) is 10.8 Å². The maximum atomic E-state index is 12.2. The highest BCUT2D eigenvalue weighted by atomic mass is 32.2. The second-order valence-corrected chi connectivity index (χ2v) is 6.30. The number of fused-ring (bicyclic) bond motifs is 1. The van der Waals surface area contributed by atoms with Crippen molar-refractivity contribution < 1.29 is 8.42 Å². The summed E-state index contributed by atoms with van der Waals surface area (Å²) in [5.41, 5.74) is 1.76. The fourth-order valence-electron chi connectivity index (χ4n) is 2.02. The van der Waals surface area contributed by atoms with E-state index in [4.69, 9.17) is 5.26 Å². The minimum absolute atomic E-state index is 0.464. The molecule has 0 fully saturated rings. The van der Waals surface area contributed by atoms with Crippen molar-refractivity contribution in [3.8, 4) is 6.07 Å². The van der Waals surface area contributed by atoms with E-state index in [9.17, 15) is 8.42 Å². The lowest BCUT2D eigenvalue weighted by Gasteiger charge is -2.31. The number of benzene rings is 1. The quantitative estimate of drug-likeness (QED) is 0.802. The maximum Gasteiger partial charge on any atom is 0.251 e. The van der Waals surface area contributed by atoms with Crippen LogP contribution in [-0.4, -0.2) is 20.2 Å². The Morgan fingerprint density at radius 1 is 1.41 bits per heavy atom. The van der Waals surface area contributed by atoms with Crippen LogP contribution in [0.1, 0.15) is 18.9 Å². The molecule has 90 valence electrons. The van der Waals surface area contributed by atoms with Crippen molar-refractivity contribution in [1.29, 1.82) is 5.26 Å².